The zero-order valence-corrected chi connectivity index (χ0v) is 16.5. The predicted molar refractivity (Wildman–Crippen MR) is 112 cm³/mol. The Morgan fingerprint density at radius 3 is 2.59 bits per heavy atom. The number of carbonyl (C=O) groups excluding carboxylic acids is 1. The maximum atomic E-state index is 12.0. The molecule has 4 aromatic rings. The third-order valence-electron chi connectivity index (χ3n) is 4.76. The standard InChI is InChI=1S/C22H19BrN2O2/c1-27-13-15-8-9-17-20(11-15)25(12-14-4-2-5-16(23)10-14)19-7-3-6-18(21(17)19)22(24)26/h2-11H,12-13H2,1H3,(H2,24,26). The monoisotopic (exact) mass is 422 g/mol. The highest BCUT2D eigenvalue weighted by Gasteiger charge is 2.17. The van der Waals surface area contributed by atoms with E-state index in [1.807, 2.05) is 30.3 Å². The summed E-state index contributed by atoms with van der Waals surface area (Å²) in [5.41, 5.74) is 10.5. The number of rotatable bonds is 5. The summed E-state index contributed by atoms with van der Waals surface area (Å²) in [6.45, 7) is 1.23. The number of hydrogen-bond acceptors (Lipinski definition) is 2. The predicted octanol–water partition coefficient (Wildman–Crippen LogP) is 4.85. The largest absolute Gasteiger partial charge is 0.380 e. The summed E-state index contributed by atoms with van der Waals surface area (Å²) in [5.74, 6) is -0.414. The molecule has 1 aromatic heterocycles. The summed E-state index contributed by atoms with van der Waals surface area (Å²) in [6, 6.07) is 20.2. The molecular formula is C22H19BrN2O2. The van der Waals surface area contributed by atoms with E-state index in [0.29, 0.717) is 18.7 Å². The van der Waals surface area contributed by atoms with Gasteiger partial charge in [0, 0.05) is 40.0 Å². The maximum absolute atomic E-state index is 12.0. The molecule has 2 N–H and O–H groups in total. The summed E-state index contributed by atoms with van der Waals surface area (Å²) in [5, 5.41) is 1.92. The number of fused-ring (bicyclic) bond motifs is 3. The second-order valence-corrected chi connectivity index (χ2v) is 7.48. The van der Waals surface area contributed by atoms with Crippen LogP contribution in [0.25, 0.3) is 21.8 Å². The van der Waals surface area contributed by atoms with Crippen molar-refractivity contribution >= 4 is 43.6 Å². The zero-order chi connectivity index (χ0) is 19.0. The smallest absolute Gasteiger partial charge is 0.249 e. The van der Waals surface area contributed by atoms with Crippen LogP contribution in [0.5, 0.6) is 0 Å². The van der Waals surface area contributed by atoms with Crippen molar-refractivity contribution in [2.24, 2.45) is 5.73 Å². The Balaban J connectivity index is 2.02. The maximum Gasteiger partial charge on any atom is 0.249 e. The molecule has 1 amide bonds. The van der Waals surface area contributed by atoms with Crippen molar-refractivity contribution in [3.8, 4) is 0 Å². The van der Waals surface area contributed by atoms with Gasteiger partial charge in [0.1, 0.15) is 0 Å². The molecule has 0 saturated heterocycles. The van der Waals surface area contributed by atoms with Gasteiger partial charge in [0.2, 0.25) is 5.91 Å². The van der Waals surface area contributed by atoms with E-state index in [1.165, 1.54) is 5.56 Å². The van der Waals surface area contributed by atoms with E-state index in [0.717, 1.165) is 31.8 Å². The van der Waals surface area contributed by atoms with Crippen LogP contribution < -0.4 is 5.73 Å². The Morgan fingerprint density at radius 2 is 1.85 bits per heavy atom. The molecule has 0 unspecified atom stereocenters. The normalized spacial score (nSPS) is 11.3. The fraction of sp³-hybridized carbons (Fsp3) is 0.136. The molecule has 5 heteroatoms. The number of nitrogens with two attached hydrogens (primary N) is 1. The highest BCUT2D eigenvalue weighted by molar-refractivity contribution is 9.10. The quantitative estimate of drug-likeness (QED) is 0.499. The van der Waals surface area contributed by atoms with E-state index in [1.54, 1.807) is 13.2 Å². The molecule has 27 heavy (non-hydrogen) atoms. The van der Waals surface area contributed by atoms with E-state index in [-0.39, 0.29) is 0 Å². The lowest BCUT2D eigenvalue weighted by atomic mass is 10.0. The SMILES string of the molecule is COCc1ccc2c3c(C(N)=O)cccc3n(Cc3cccc(Br)c3)c2c1. The zero-order valence-electron chi connectivity index (χ0n) is 14.9. The lowest BCUT2D eigenvalue weighted by molar-refractivity contribution is 0.100. The van der Waals surface area contributed by atoms with Gasteiger partial charge in [-0.05, 0) is 41.5 Å². The average Bonchev–Trinajstić information content (AvgIpc) is 2.95. The van der Waals surface area contributed by atoms with Crippen LogP contribution >= 0.6 is 15.9 Å². The van der Waals surface area contributed by atoms with Crippen molar-refractivity contribution < 1.29 is 9.53 Å². The highest BCUT2D eigenvalue weighted by Crippen LogP contribution is 2.33. The first-order chi connectivity index (χ1) is 13.1. The van der Waals surface area contributed by atoms with Gasteiger partial charge in [0.25, 0.3) is 0 Å². The first-order valence-corrected chi connectivity index (χ1v) is 9.45. The highest BCUT2D eigenvalue weighted by atomic mass is 79.9. The fourth-order valence-electron chi connectivity index (χ4n) is 3.64. The van der Waals surface area contributed by atoms with Crippen LogP contribution in [0, 0.1) is 0 Å². The fourth-order valence-corrected chi connectivity index (χ4v) is 4.09. The third-order valence-corrected chi connectivity index (χ3v) is 5.25. The molecule has 0 spiro atoms. The van der Waals surface area contributed by atoms with Crippen LogP contribution in [-0.2, 0) is 17.9 Å². The lowest BCUT2D eigenvalue weighted by Gasteiger charge is -2.09. The second kappa shape index (κ2) is 7.18. The van der Waals surface area contributed by atoms with Crippen molar-refractivity contribution in [3.05, 3.63) is 81.8 Å². The molecule has 1 heterocycles. The number of carbonyl (C=O) groups is 1. The number of amides is 1. The van der Waals surface area contributed by atoms with Crippen LogP contribution in [0.2, 0.25) is 0 Å². The van der Waals surface area contributed by atoms with E-state index in [9.17, 15) is 4.79 Å². The topological polar surface area (TPSA) is 57.2 Å². The second-order valence-electron chi connectivity index (χ2n) is 6.56. The first-order valence-electron chi connectivity index (χ1n) is 8.65. The Morgan fingerprint density at radius 1 is 1.04 bits per heavy atom. The minimum atomic E-state index is -0.414. The van der Waals surface area contributed by atoms with Crippen LogP contribution in [0.3, 0.4) is 0 Å². The molecule has 0 atom stereocenters. The number of aromatic nitrogens is 1. The summed E-state index contributed by atoms with van der Waals surface area (Å²) in [4.78, 5) is 12.0. The molecule has 0 aliphatic rings. The molecule has 0 bridgehead atoms. The van der Waals surface area contributed by atoms with E-state index < -0.39 is 5.91 Å². The molecule has 3 aromatic carbocycles. The summed E-state index contributed by atoms with van der Waals surface area (Å²) in [7, 11) is 1.69. The summed E-state index contributed by atoms with van der Waals surface area (Å²) in [6.07, 6.45) is 0. The molecule has 0 fully saturated rings. The van der Waals surface area contributed by atoms with Crippen molar-refractivity contribution in [1.29, 1.82) is 0 Å². The first kappa shape index (κ1) is 17.8. The molecule has 136 valence electrons. The Labute approximate surface area is 165 Å². The van der Waals surface area contributed by atoms with Gasteiger partial charge in [0.05, 0.1) is 12.1 Å². The van der Waals surface area contributed by atoms with Gasteiger partial charge in [-0.3, -0.25) is 4.79 Å². The molecule has 0 aliphatic heterocycles. The van der Waals surface area contributed by atoms with Crippen molar-refractivity contribution in [3.63, 3.8) is 0 Å². The van der Waals surface area contributed by atoms with Gasteiger partial charge >= 0.3 is 0 Å². The Bertz CT molecular complexity index is 1160. The number of methoxy groups -OCH3 is 1. The van der Waals surface area contributed by atoms with Gasteiger partial charge in [-0.1, -0.05) is 46.3 Å². The number of nitrogens with zero attached hydrogens (tertiary/aromatic N) is 1. The Hall–Kier alpha value is -2.63. The summed E-state index contributed by atoms with van der Waals surface area (Å²) < 4.78 is 8.57. The summed E-state index contributed by atoms with van der Waals surface area (Å²) >= 11 is 3.54. The molecule has 0 aliphatic carbocycles. The van der Waals surface area contributed by atoms with Crippen molar-refractivity contribution in [2.75, 3.05) is 7.11 Å². The Kier molecular flexibility index (Phi) is 4.72. The van der Waals surface area contributed by atoms with Crippen molar-refractivity contribution in [2.45, 2.75) is 13.2 Å². The van der Waals surface area contributed by atoms with E-state index >= 15 is 0 Å². The van der Waals surface area contributed by atoms with Gasteiger partial charge in [0.15, 0.2) is 0 Å². The number of halogens is 1. The minimum Gasteiger partial charge on any atom is -0.380 e. The number of ether oxygens (including phenoxy) is 1. The van der Waals surface area contributed by atoms with Crippen LogP contribution in [0.4, 0.5) is 0 Å². The van der Waals surface area contributed by atoms with E-state index in [4.69, 9.17) is 10.5 Å². The van der Waals surface area contributed by atoms with Gasteiger partial charge in [-0.15, -0.1) is 0 Å². The minimum absolute atomic E-state index is 0.414. The number of primary amides is 1. The van der Waals surface area contributed by atoms with Gasteiger partial charge in [-0.25, -0.2) is 0 Å². The van der Waals surface area contributed by atoms with Gasteiger partial charge in [-0.2, -0.15) is 0 Å². The van der Waals surface area contributed by atoms with Crippen LogP contribution in [0.1, 0.15) is 21.5 Å². The van der Waals surface area contributed by atoms with Crippen molar-refractivity contribution in [1.82, 2.24) is 4.57 Å². The van der Waals surface area contributed by atoms with Crippen LogP contribution in [0.15, 0.2) is 65.1 Å². The molecule has 0 radical (unpaired) electrons. The average molecular weight is 423 g/mol. The van der Waals surface area contributed by atoms with E-state index in [2.05, 4.69) is 44.8 Å². The van der Waals surface area contributed by atoms with Crippen LogP contribution in [-0.4, -0.2) is 17.6 Å². The van der Waals surface area contributed by atoms with Gasteiger partial charge < -0.3 is 15.0 Å². The number of hydrogen-bond donors (Lipinski definition) is 1. The molecular weight excluding hydrogens is 404 g/mol. The molecule has 0 saturated carbocycles. The third kappa shape index (κ3) is 3.24. The molecule has 4 rings (SSSR count). The number of benzene rings is 3. The molecule has 4 nitrogen and oxygen atoms in total. The lowest BCUT2D eigenvalue weighted by Crippen LogP contribution is -2.11.